The molecule has 0 saturated carbocycles. The maximum absolute atomic E-state index is 12.9. The number of halogens is 1. The number of aryl methyl sites for hydroxylation is 1. The van der Waals surface area contributed by atoms with Crippen molar-refractivity contribution in [1.29, 1.82) is 0 Å². The number of allylic oxidation sites excluding steroid dienone is 1. The Bertz CT molecular complexity index is 664. The third-order valence-electron chi connectivity index (χ3n) is 5.12. The van der Waals surface area contributed by atoms with Crippen LogP contribution in [0.15, 0.2) is 28.4 Å². The van der Waals surface area contributed by atoms with E-state index in [9.17, 15) is 9.90 Å². The topological polar surface area (TPSA) is 46.5 Å². The van der Waals surface area contributed by atoms with Gasteiger partial charge in [0.2, 0.25) is 0 Å². The molecule has 1 aliphatic carbocycles. The molecule has 2 aliphatic heterocycles. The van der Waals surface area contributed by atoms with Gasteiger partial charge in [0, 0.05) is 4.47 Å². The van der Waals surface area contributed by atoms with Gasteiger partial charge in [-0.15, -0.1) is 0 Å². The molecule has 21 heavy (non-hydrogen) atoms. The van der Waals surface area contributed by atoms with Crippen LogP contribution in [0.4, 0.5) is 0 Å². The molecule has 4 atom stereocenters. The highest BCUT2D eigenvalue weighted by atomic mass is 79.9. The van der Waals surface area contributed by atoms with Crippen LogP contribution in [-0.2, 0) is 16.0 Å². The number of fused-ring (bicyclic) bond motifs is 5. The molecule has 2 heterocycles. The molecule has 0 amide bonds. The molecular weight excluding hydrogens is 332 g/mol. The van der Waals surface area contributed by atoms with Crippen LogP contribution >= 0.6 is 15.9 Å². The summed E-state index contributed by atoms with van der Waals surface area (Å²) >= 11 is 3.47. The van der Waals surface area contributed by atoms with Crippen molar-refractivity contribution in [3.63, 3.8) is 0 Å². The zero-order valence-electron chi connectivity index (χ0n) is 11.8. The van der Waals surface area contributed by atoms with Crippen LogP contribution in [0.5, 0.6) is 0 Å². The molecule has 0 unspecified atom stereocenters. The highest BCUT2D eigenvalue weighted by Crippen LogP contribution is 2.53. The summed E-state index contributed by atoms with van der Waals surface area (Å²) in [5.41, 5.74) is 2.51. The van der Waals surface area contributed by atoms with Crippen molar-refractivity contribution in [3.05, 3.63) is 39.6 Å². The third kappa shape index (κ3) is 1.78. The first-order valence-corrected chi connectivity index (χ1v) is 8.32. The van der Waals surface area contributed by atoms with E-state index in [1.807, 2.05) is 18.2 Å². The van der Waals surface area contributed by atoms with Gasteiger partial charge in [0.25, 0.3) is 0 Å². The number of carbonyl (C=O) groups is 1. The number of aliphatic hydroxyl groups is 1. The maximum Gasteiger partial charge on any atom is 0.173 e. The van der Waals surface area contributed by atoms with Gasteiger partial charge >= 0.3 is 0 Å². The number of carbonyl (C=O) groups excluding carboxylic acids is 1. The summed E-state index contributed by atoms with van der Waals surface area (Å²) in [7, 11) is 0. The van der Waals surface area contributed by atoms with Crippen LogP contribution in [0.3, 0.4) is 0 Å². The first-order valence-electron chi connectivity index (χ1n) is 7.53. The number of ketones is 1. The SMILES string of the molecule is CCc1ccc(Br)cc1C1=C(O)[C@H]2[C@@H](C1=O)[C@H]1CC[C@@H]2O1. The van der Waals surface area contributed by atoms with Crippen LogP contribution in [0.2, 0.25) is 0 Å². The summed E-state index contributed by atoms with van der Waals surface area (Å²) in [6.07, 6.45) is 2.76. The van der Waals surface area contributed by atoms with Crippen molar-refractivity contribution in [1.82, 2.24) is 0 Å². The van der Waals surface area contributed by atoms with Gasteiger partial charge in [-0.2, -0.15) is 0 Å². The highest BCUT2D eigenvalue weighted by Gasteiger charge is 2.59. The summed E-state index contributed by atoms with van der Waals surface area (Å²) in [6, 6.07) is 5.95. The molecule has 0 aromatic heterocycles. The molecule has 0 spiro atoms. The Morgan fingerprint density at radius 1 is 1.29 bits per heavy atom. The zero-order chi connectivity index (χ0) is 14.7. The van der Waals surface area contributed by atoms with Crippen molar-refractivity contribution < 1.29 is 14.6 Å². The van der Waals surface area contributed by atoms with Crippen molar-refractivity contribution in [2.75, 3.05) is 0 Å². The number of Topliss-reactive ketones (excluding diaryl/α,β-unsaturated/α-hetero) is 1. The lowest BCUT2D eigenvalue weighted by Gasteiger charge is -2.19. The summed E-state index contributed by atoms with van der Waals surface area (Å²) in [4.78, 5) is 12.9. The van der Waals surface area contributed by atoms with Gasteiger partial charge in [0.15, 0.2) is 5.78 Å². The molecule has 0 radical (unpaired) electrons. The van der Waals surface area contributed by atoms with Gasteiger partial charge in [0.1, 0.15) is 5.76 Å². The normalized spacial score (nSPS) is 33.9. The molecule has 2 saturated heterocycles. The van der Waals surface area contributed by atoms with Gasteiger partial charge < -0.3 is 9.84 Å². The Morgan fingerprint density at radius 2 is 2.00 bits per heavy atom. The van der Waals surface area contributed by atoms with Gasteiger partial charge in [-0.1, -0.05) is 28.9 Å². The van der Waals surface area contributed by atoms with E-state index in [1.54, 1.807) is 0 Å². The minimum absolute atomic E-state index is 0.00406. The fourth-order valence-electron chi connectivity index (χ4n) is 4.18. The van der Waals surface area contributed by atoms with E-state index >= 15 is 0 Å². The summed E-state index contributed by atoms with van der Waals surface area (Å²) in [5, 5.41) is 10.7. The highest BCUT2D eigenvalue weighted by molar-refractivity contribution is 9.10. The lowest BCUT2D eigenvalue weighted by molar-refractivity contribution is -0.118. The number of benzene rings is 1. The van der Waals surface area contributed by atoms with E-state index in [1.165, 1.54) is 0 Å². The molecule has 1 aromatic rings. The first-order chi connectivity index (χ1) is 10.1. The Balaban J connectivity index is 1.85. The fraction of sp³-hybridized carbons (Fsp3) is 0.471. The molecule has 3 aliphatic rings. The van der Waals surface area contributed by atoms with Crippen molar-refractivity contribution >= 4 is 27.3 Å². The van der Waals surface area contributed by atoms with Gasteiger partial charge in [-0.25, -0.2) is 0 Å². The molecule has 3 nitrogen and oxygen atoms in total. The van der Waals surface area contributed by atoms with Crippen LogP contribution < -0.4 is 0 Å². The van der Waals surface area contributed by atoms with E-state index in [0.29, 0.717) is 5.57 Å². The maximum atomic E-state index is 12.9. The molecule has 4 heteroatoms. The van der Waals surface area contributed by atoms with Crippen LogP contribution in [0.25, 0.3) is 5.57 Å². The smallest absolute Gasteiger partial charge is 0.173 e. The Kier molecular flexibility index (Phi) is 3.02. The van der Waals surface area contributed by atoms with Gasteiger partial charge in [0.05, 0.1) is 29.6 Å². The number of ether oxygens (including phenoxy) is 1. The zero-order valence-corrected chi connectivity index (χ0v) is 13.4. The van der Waals surface area contributed by atoms with E-state index in [0.717, 1.165) is 34.9 Å². The number of hydrogen-bond donors (Lipinski definition) is 1. The van der Waals surface area contributed by atoms with Crippen molar-refractivity contribution in [2.24, 2.45) is 11.8 Å². The Labute approximate surface area is 132 Å². The number of aliphatic hydroxyl groups excluding tert-OH is 1. The lowest BCUT2D eigenvalue weighted by atomic mass is 9.80. The monoisotopic (exact) mass is 348 g/mol. The van der Waals surface area contributed by atoms with Gasteiger partial charge in [-0.05, 0) is 42.5 Å². The van der Waals surface area contributed by atoms with Crippen molar-refractivity contribution in [2.45, 2.75) is 38.4 Å². The Morgan fingerprint density at radius 3 is 2.67 bits per heavy atom. The van der Waals surface area contributed by atoms with Crippen LogP contribution in [0.1, 0.15) is 30.9 Å². The number of hydrogen-bond acceptors (Lipinski definition) is 3. The second kappa shape index (κ2) is 4.68. The Hall–Kier alpha value is -1.13. The largest absolute Gasteiger partial charge is 0.511 e. The summed E-state index contributed by atoms with van der Waals surface area (Å²) < 4.78 is 6.75. The number of rotatable bonds is 2. The second-order valence-corrected chi connectivity index (χ2v) is 7.04. The predicted octanol–water partition coefficient (Wildman–Crippen LogP) is 3.66. The van der Waals surface area contributed by atoms with Crippen molar-refractivity contribution in [3.8, 4) is 0 Å². The lowest BCUT2D eigenvalue weighted by Crippen LogP contribution is -2.29. The third-order valence-corrected chi connectivity index (χ3v) is 5.61. The summed E-state index contributed by atoms with van der Waals surface area (Å²) in [5.74, 6) is 0.0416. The molecule has 2 fully saturated rings. The average molecular weight is 349 g/mol. The molecule has 110 valence electrons. The molecule has 1 aromatic carbocycles. The summed E-state index contributed by atoms with van der Waals surface area (Å²) in [6.45, 7) is 2.07. The predicted molar refractivity (Wildman–Crippen MR) is 83.0 cm³/mol. The van der Waals surface area contributed by atoms with E-state index in [4.69, 9.17) is 4.74 Å². The molecule has 1 N–H and O–H groups in total. The van der Waals surface area contributed by atoms with E-state index < -0.39 is 0 Å². The second-order valence-electron chi connectivity index (χ2n) is 6.12. The quantitative estimate of drug-likeness (QED) is 0.887. The minimum Gasteiger partial charge on any atom is -0.511 e. The van der Waals surface area contributed by atoms with Crippen LogP contribution in [-0.4, -0.2) is 23.1 Å². The molecule has 2 bridgehead atoms. The standard InChI is InChI=1S/C17H17BrO3/c1-2-8-3-4-9(18)7-10(8)13-16(19)14-11-5-6-12(21-11)15(14)17(13)20/h3-4,7,11-12,14-15,19H,2,5-6H2,1H3/t11-,12+,14+,15-/m0/s1. The molecular formula is C17H17BrO3. The molecule has 4 rings (SSSR count). The fourth-order valence-corrected chi connectivity index (χ4v) is 4.54. The average Bonchev–Trinajstić information content (AvgIpc) is 3.13. The van der Waals surface area contributed by atoms with E-state index in [-0.39, 0.29) is 35.6 Å². The van der Waals surface area contributed by atoms with Gasteiger partial charge in [-0.3, -0.25) is 4.79 Å². The first kappa shape index (κ1) is 13.5. The minimum atomic E-state index is -0.164. The van der Waals surface area contributed by atoms with E-state index in [2.05, 4.69) is 22.9 Å². The van der Waals surface area contributed by atoms with Crippen LogP contribution in [0, 0.1) is 11.8 Å².